The summed E-state index contributed by atoms with van der Waals surface area (Å²) in [5.41, 5.74) is 8.12. The van der Waals surface area contributed by atoms with Crippen molar-refractivity contribution in [2.75, 3.05) is 0 Å². The van der Waals surface area contributed by atoms with Gasteiger partial charge in [0.2, 0.25) is 0 Å². The predicted molar refractivity (Wildman–Crippen MR) is 34.0 cm³/mol. The first-order valence-corrected chi connectivity index (χ1v) is 3.13. The summed E-state index contributed by atoms with van der Waals surface area (Å²) >= 11 is 0. The van der Waals surface area contributed by atoms with Crippen LogP contribution in [0.4, 0.5) is 0 Å². The highest BCUT2D eigenvalue weighted by Gasteiger charge is 2.19. The Morgan fingerprint density at radius 3 is 3.33 bits per heavy atom. The van der Waals surface area contributed by atoms with Gasteiger partial charge in [-0.3, -0.25) is 5.10 Å². The van der Waals surface area contributed by atoms with Crippen LogP contribution in [-0.4, -0.2) is 16.2 Å². The van der Waals surface area contributed by atoms with Gasteiger partial charge >= 0.3 is 0 Å². The van der Waals surface area contributed by atoms with Gasteiger partial charge in [-0.2, -0.15) is 5.10 Å². The van der Waals surface area contributed by atoms with E-state index in [1.165, 1.54) is 5.56 Å². The third kappa shape index (κ3) is 0.650. The highest BCUT2D eigenvalue weighted by molar-refractivity contribution is 5.24. The summed E-state index contributed by atoms with van der Waals surface area (Å²) in [5.74, 6) is 0. The second-order valence-electron chi connectivity index (χ2n) is 2.53. The molecule has 1 aliphatic rings. The molecule has 0 spiro atoms. The van der Waals surface area contributed by atoms with Gasteiger partial charge in [-0.1, -0.05) is 0 Å². The standard InChI is InChI=1S/C6H9N3/c7-5-1-4-3-8-9-6(4)2-5/h3,5H,1-2,7H2,(H,8,9). The molecule has 1 aromatic rings. The van der Waals surface area contributed by atoms with E-state index in [-0.39, 0.29) is 0 Å². The molecule has 1 atom stereocenters. The van der Waals surface area contributed by atoms with Gasteiger partial charge in [0.1, 0.15) is 0 Å². The number of nitrogens with zero attached hydrogens (tertiary/aromatic N) is 1. The molecule has 2 rings (SSSR count). The second-order valence-corrected chi connectivity index (χ2v) is 2.53. The van der Waals surface area contributed by atoms with Gasteiger partial charge in [0, 0.05) is 18.7 Å². The van der Waals surface area contributed by atoms with Gasteiger partial charge in [0.05, 0.1) is 5.69 Å². The maximum atomic E-state index is 5.68. The summed E-state index contributed by atoms with van der Waals surface area (Å²) in [6.07, 6.45) is 3.87. The van der Waals surface area contributed by atoms with Crippen LogP contribution in [0.1, 0.15) is 11.3 Å². The summed E-state index contributed by atoms with van der Waals surface area (Å²) < 4.78 is 0. The van der Waals surface area contributed by atoms with Crippen molar-refractivity contribution in [1.29, 1.82) is 0 Å². The Morgan fingerprint density at radius 1 is 1.67 bits per heavy atom. The van der Waals surface area contributed by atoms with E-state index < -0.39 is 0 Å². The first kappa shape index (κ1) is 4.99. The van der Waals surface area contributed by atoms with E-state index in [2.05, 4.69) is 10.2 Å². The average Bonchev–Trinajstić information content (AvgIpc) is 2.22. The van der Waals surface area contributed by atoms with Crippen LogP contribution in [0.5, 0.6) is 0 Å². The van der Waals surface area contributed by atoms with Crippen molar-refractivity contribution < 1.29 is 0 Å². The average molecular weight is 123 g/mol. The lowest BCUT2D eigenvalue weighted by atomic mass is 10.2. The molecule has 0 fully saturated rings. The number of nitrogens with one attached hydrogen (secondary N) is 1. The van der Waals surface area contributed by atoms with Crippen molar-refractivity contribution in [1.82, 2.24) is 10.2 Å². The molecule has 0 aromatic carbocycles. The molecule has 1 aromatic heterocycles. The Bertz CT molecular complexity index is 195. The third-order valence-corrected chi connectivity index (χ3v) is 1.75. The Balaban J connectivity index is 2.39. The number of hydrogen-bond acceptors (Lipinski definition) is 2. The van der Waals surface area contributed by atoms with E-state index in [0.29, 0.717) is 6.04 Å². The maximum absolute atomic E-state index is 5.68. The summed E-state index contributed by atoms with van der Waals surface area (Å²) in [7, 11) is 0. The molecule has 9 heavy (non-hydrogen) atoms. The molecule has 1 aliphatic carbocycles. The van der Waals surface area contributed by atoms with Crippen molar-refractivity contribution in [3.63, 3.8) is 0 Å². The van der Waals surface area contributed by atoms with E-state index in [9.17, 15) is 0 Å². The SMILES string of the molecule is NC1Cc2c[nH]nc2C1. The van der Waals surface area contributed by atoms with Crippen LogP contribution in [0, 0.1) is 0 Å². The minimum atomic E-state index is 0.317. The van der Waals surface area contributed by atoms with Gasteiger partial charge in [-0.05, 0) is 12.0 Å². The minimum absolute atomic E-state index is 0.317. The monoisotopic (exact) mass is 123 g/mol. The molecule has 1 heterocycles. The molecule has 48 valence electrons. The quantitative estimate of drug-likeness (QED) is 0.503. The van der Waals surface area contributed by atoms with Crippen LogP contribution in [0.2, 0.25) is 0 Å². The fourth-order valence-electron chi connectivity index (χ4n) is 1.30. The highest BCUT2D eigenvalue weighted by Crippen LogP contribution is 2.16. The maximum Gasteiger partial charge on any atom is 0.0670 e. The molecular weight excluding hydrogens is 114 g/mol. The second kappa shape index (κ2) is 1.57. The van der Waals surface area contributed by atoms with Crippen LogP contribution >= 0.6 is 0 Å². The number of nitrogens with two attached hydrogens (primary N) is 1. The third-order valence-electron chi connectivity index (χ3n) is 1.75. The summed E-state index contributed by atoms with van der Waals surface area (Å²) in [4.78, 5) is 0. The number of aromatic nitrogens is 2. The van der Waals surface area contributed by atoms with Crippen molar-refractivity contribution >= 4 is 0 Å². The number of fused-ring (bicyclic) bond motifs is 1. The molecule has 0 amide bonds. The van der Waals surface area contributed by atoms with Crippen molar-refractivity contribution in [3.8, 4) is 0 Å². The molecular formula is C6H9N3. The van der Waals surface area contributed by atoms with E-state index >= 15 is 0 Å². The molecule has 3 N–H and O–H groups in total. The Kier molecular flexibility index (Phi) is 0.873. The minimum Gasteiger partial charge on any atom is -0.327 e. The van der Waals surface area contributed by atoms with Gasteiger partial charge in [0.15, 0.2) is 0 Å². The topological polar surface area (TPSA) is 54.7 Å². The van der Waals surface area contributed by atoms with Crippen molar-refractivity contribution in [2.24, 2.45) is 5.73 Å². The number of rotatable bonds is 0. The zero-order chi connectivity index (χ0) is 6.27. The lowest BCUT2D eigenvalue weighted by Gasteiger charge is -1.95. The Morgan fingerprint density at radius 2 is 2.56 bits per heavy atom. The van der Waals surface area contributed by atoms with Crippen LogP contribution in [0.15, 0.2) is 6.20 Å². The van der Waals surface area contributed by atoms with Crippen LogP contribution in [0.25, 0.3) is 0 Å². The zero-order valence-electron chi connectivity index (χ0n) is 5.09. The fourth-order valence-corrected chi connectivity index (χ4v) is 1.30. The first-order valence-electron chi connectivity index (χ1n) is 3.13. The smallest absolute Gasteiger partial charge is 0.0670 e. The summed E-state index contributed by atoms with van der Waals surface area (Å²) in [6, 6.07) is 0.317. The number of hydrogen-bond donors (Lipinski definition) is 2. The molecule has 3 nitrogen and oxygen atoms in total. The lowest BCUT2D eigenvalue weighted by Crippen LogP contribution is -2.19. The van der Waals surface area contributed by atoms with Gasteiger partial charge in [-0.25, -0.2) is 0 Å². The van der Waals surface area contributed by atoms with Gasteiger partial charge in [0.25, 0.3) is 0 Å². The van der Waals surface area contributed by atoms with Crippen molar-refractivity contribution in [3.05, 3.63) is 17.5 Å². The van der Waals surface area contributed by atoms with Crippen molar-refractivity contribution in [2.45, 2.75) is 18.9 Å². The van der Waals surface area contributed by atoms with E-state index in [0.717, 1.165) is 18.5 Å². The van der Waals surface area contributed by atoms with Gasteiger partial charge < -0.3 is 5.73 Å². The van der Waals surface area contributed by atoms with Crippen LogP contribution in [-0.2, 0) is 12.8 Å². The molecule has 0 radical (unpaired) electrons. The predicted octanol–water partition coefficient (Wildman–Crippen LogP) is -0.164. The number of aromatic amines is 1. The van der Waals surface area contributed by atoms with E-state index in [4.69, 9.17) is 5.73 Å². The molecule has 0 bridgehead atoms. The fraction of sp³-hybridized carbons (Fsp3) is 0.500. The molecule has 3 heteroatoms. The highest BCUT2D eigenvalue weighted by atomic mass is 15.1. The van der Waals surface area contributed by atoms with E-state index in [1.807, 2.05) is 6.20 Å². The zero-order valence-corrected chi connectivity index (χ0v) is 5.09. The Hall–Kier alpha value is -0.830. The van der Waals surface area contributed by atoms with E-state index in [1.54, 1.807) is 0 Å². The summed E-state index contributed by atoms with van der Waals surface area (Å²) in [6.45, 7) is 0. The van der Waals surface area contributed by atoms with Crippen LogP contribution < -0.4 is 5.73 Å². The van der Waals surface area contributed by atoms with Gasteiger partial charge in [-0.15, -0.1) is 0 Å². The largest absolute Gasteiger partial charge is 0.327 e. The summed E-state index contributed by atoms with van der Waals surface area (Å²) in [5, 5.41) is 6.86. The lowest BCUT2D eigenvalue weighted by molar-refractivity contribution is 0.705. The molecule has 1 unspecified atom stereocenters. The normalized spacial score (nSPS) is 24.3. The van der Waals surface area contributed by atoms with Crippen LogP contribution in [0.3, 0.4) is 0 Å². The number of H-pyrrole nitrogens is 1. The first-order chi connectivity index (χ1) is 4.36. The molecule has 0 saturated carbocycles. The molecule has 0 aliphatic heterocycles. The molecule has 0 saturated heterocycles. The Labute approximate surface area is 53.3 Å².